The van der Waals surface area contributed by atoms with Gasteiger partial charge in [0.05, 0.1) is 0 Å². The van der Waals surface area contributed by atoms with E-state index < -0.39 is 0 Å². The van der Waals surface area contributed by atoms with E-state index in [1.807, 2.05) is 32.9 Å². The summed E-state index contributed by atoms with van der Waals surface area (Å²) >= 11 is 3.45. The highest BCUT2D eigenvalue weighted by Gasteiger charge is 2.05. The number of Topliss-reactive ketones (excluding diaryl/α,β-unsaturated/α-hetero) is 1. The van der Waals surface area contributed by atoms with Crippen LogP contribution in [-0.4, -0.2) is 12.4 Å². The van der Waals surface area contributed by atoms with Gasteiger partial charge in [0.25, 0.3) is 0 Å². The molecule has 1 aromatic carbocycles. The first-order valence-electron chi connectivity index (χ1n) is 4.95. The monoisotopic (exact) mass is 270 g/mol. The molecular formula is C12H15BrO2. The molecule has 0 bridgehead atoms. The minimum absolute atomic E-state index is 0.120. The van der Waals surface area contributed by atoms with Crippen LogP contribution in [0, 0.1) is 13.8 Å². The fourth-order valence-electron chi connectivity index (χ4n) is 1.17. The van der Waals surface area contributed by atoms with E-state index in [0.29, 0.717) is 6.42 Å². The first-order valence-corrected chi connectivity index (χ1v) is 5.75. The number of benzene rings is 1. The van der Waals surface area contributed by atoms with Crippen LogP contribution in [0.15, 0.2) is 16.6 Å². The van der Waals surface area contributed by atoms with E-state index in [1.54, 1.807) is 0 Å². The van der Waals surface area contributed by atoms with Gasteiger partial charge in [-0.15, -0.1) is 0 Å². The van der Waals surface area contributed by atoms with Crippen LogP contribution in [0.3, 0.4) is 0 Å². The van der Waals surface area contributed by atoms with Crippen molar-refractivity contribution in [2.24, 2.45) is 0 Å². The molecule has 0 unspecified atom stereocenters. The third kappa shape index (κ3) is 3.34. The van der Waals surface area contributed by atoms with E-state index in [4.69, 9.17) is 4.74 Å². The normalized spacial score (nSPS) is 10.1. The third-order valence-corrected chi connectivity index (χ3v) is 3.09. The summed E-state index contributed by atoms with van der Waals surface area (Å²) in [5.74, 6) is 0.910. The van der Waals surface area contributed by atoms with E-state index >= 15 is 0 Å². The molecule has 0 radical (unpaired) electrons. The average Bonchev–Trinajstić information content (AvgIpc) is 2.21. The van der Waals surface area contributed by atoms with Crippen molar-refractivity contribution in [3.8, 4) is 5.75 Å². The Labute approximate surface area is 98.8 Å². The quantitative estimate of drug-likeness (QED) is 0.838. The molecule has 82 valence electrons. The van der Waals surface area contributed by atoms with Crippen LogP contribution in [-0.2, 0) is 4.79 Å². The van der Waals surface area contributed by atoms with Crippen molar-refractivity contribution in [1.29, 1.82) is 0 Å². The SMILES string of the molecule is CCC(=O)COc1cc(C)c(Br)cc1C. The van der Waals surface area contributed by atoms with Gasteiger partial charge >= 0.3 is 0 Å². The molecular weight excluding hydrogens is 256 g/mol. The summed E-state index contributed by atoms with van der Waals surface area (Å²) in [6, 6.07) is 3.95. The minimum atomic E-state index is 0.120. The summed E-state index contributed by atoms with van der Waals surface area (Å²) in [6.45, 7) is 5.97. The van der Waals surface area contributed by atoms with E-state index in [0.717, 1.165) is 21.3 Å². The highest BCUT2D eigenvalue weighted by Crippen LogP contribution is 2.26. The lowest BCUT2D eigenvalue weighted by Crippen LogP contribution is -2.10. The van der Waals surface area contributed by atoms with E-state index in [9.17, 15) is 4.79 Å². The molecule has 0 saturated carbocycles. The highest BCUT2D eigenvalue weighted by molar-refractivity contribution is 9.10. The molecule has 0 fully saturated rings. The maximum absolute atomic E-state index is 11.1. The molecule has 0 atom stereocenters. The molecule has 0 aliphatic rings. The topological polar surface area (TPSA) is 26.3 Å². The van der Waals surface area contributed by atoms with Crippen LogP contribution in [0.4, 0.5) is 0 Å². The van der Waals surface area contributed by atoms with Gasteiger partial charge in [-0.1, -0.05) is 22.9 Å². The Morgan fingerprint density at radius 1 is 1.33 bits per heavy atom. The second-order valence-electron chi connectivity index (χ2n) is 3.55. The first-order chi connectivity index (χ1) is 7.04. The molecule has 0 spiro atoms. The number of ketones is 1. The van der Waals surface area contributed by atoms with Gasteiger partial charge in [-0.3, -0.25) is 4.79 Å². The molecule has 15 heavy (non-hydrogen) atoms. The van der Waals surface area contributed by atoms with Crippen LogP contribution in [0.25, 0.3) is 0 Å². The zero-order valence-corrected chi connectivity index (χ0v) is 10.8. The largest absolute Gasteiger partial charge is 0.486 e. The summed E-state index contributed by atoms with van der Waals surface area (Å²) in [4.78, 5) is 11.1. The van der Waals surface area contributed by atoms with Crippen LogP contribution in [0.2, 0.25) is 0 Å². The summed E-state index contributed by atoms with van der Waals surface area (Å²) in [6.07, 6.45) is 0.522. The molecule has 3 heteroatoms. The predicted molar refractivity (Wildman–Crippen MR) is 64.4 cm³/mol. The number of hydrogen-bond acceptors (Lipinski definition) is 2. The van der Waals surface area contributed by atoms with Crippen LogP contribution < -0.4 is 4.74 Å². The van der Waals surface area contributed by atoms with Crippen LogP contribution in [0.1, 0.15) is 24.5 Å². The van der Waals surface area contributed by atoms with Gasteiger partial charge in [-0.05, 0) is 37.1 Å². The van der Waals surface area contributed by atoms with Gasteiger partial charge in [0.2, 0.25) is 0 Å². The van der Waals surface area contributed by atoms with Crippen LogP contribution >= 0.6 is 15.9 Å². The van der Waals surface area contributed by atoms with E-state index in [1.165, 1.54) is 0 Å². The number of carbonyl (C=O) groups is 1. The Morgan fingerprint density at radius 3 is 2.60 bits per heavy atom. The Hall–Kier alpha value is -0.830. The first kappa shape index (κ1) is 12.2. The number of aryl methyl sites for hydroxylation is 2. The zero-order valence-electron chi connectivity index (χ0n) is 9.26. The fourth-order valence-corrected chi connectivity index (χ4v) is 1.63. The van der Waals surface area contributed by atoms with Gasteiger partial charge in [0.1, 0.15) is 12.4 Å². The Morgan fingerprint density at radius 2 is 2.00 bits per heavy atom. The molecule has 1 aromatic rings. The van der Waals surface area contributed by atoms with E-state index in [-0.39, 0.29) is 12.4 Å². The molecule has 0 N–H and O–H groups in total. The second kappa shape index (κ2) is 5.31. The minimum Gasteiger partial charge on any atom is -0.486 e. The lowest BCUT2D eigenvalue weighted by molar-refractivity contribution is -0.120. The second-order valence-corrected chi connectivity index (χ2v) is 4.40. The molecule has 0 heterocycles. The molecule has 0 aliphatic heterocycles. The van der Waals surface area contributed by atoms with Gasteiger partial charge in [-0.25, -0.2) is 0 Å². The van der Waals surface area contributed by atoms with Gasteiger partial charge in [0.15, 0.2) is 5.78 Å². The van der Waals surface area contributed by atoms with E-state index in [2.05, 4.69) is 15.9 Å². The van der Waals surface area contributed by atoms with Crippen molar-refractivity contribution in [1.82, 2.24) is 0 Å². The molecule has 0 amide bonds. The van der Waals surface area contributed by atoms with Crippen molar-refractivity contribution in [2.45, 2.75) is 27.2 Å². The maximum atomic E-state index is 11.1. The number of carbonyl (C=O) groups excluding carboxylic acids is 1. The average molecular weight is 271 g/mol. The molecule has 2 nitrogen and oxygen atoms in total. The Balaban J connectivity index is 2.77. The number of hydrogen-bond donors (Lipinski definition) is 0. The lowest BCUT2D eigenvalue weighted by atomic mass is 10.1. The van der Waals surface area contributed by atoms with Crippen molar-refractivity contribution in [3.05, 3.63) is 27.7 Å². The van der Waals surface area contributed by atoms with Gasteiger partial charge < -0.3 is 4.74 Å². The predicted octanol–water partition coefficient (Wildman–Crippen LogP) is 3.42. The Kier molecular flexibility index (Phi) is 4.33. The standard InChI is InChI=1S/C12H15BrO2/c1-4-10(14)7-15-12-6-8(2)11(13)5-9(12)3/h5-6H,4,7H2,1-3H3. The summed E-state index contributed by atoms with van der Waals surface area (Å²) in [5.41, 5.74) is 2.15. The zero-order chi connectivity index (χ0) is 11.4. The molecule has 0 saturated heterocycles. The maximum Gasteiger partial charge on any atom is 0.169 e. The fraction of sp³-hybridized carbons (Fsp3) is 0.417. The lowest BCUT2D eigenvalue weighted by Gasteiger charge is -2.10. The Bertz CT molecular complexity index is 372. The van der Waals surface area contributed by atoms with Crippen molar-refractivity contribution >= 4 is 21.7 Å². The summed E-state index contributed by atoms with van der Waals surface area (Å²) < 4.78 is 6.52. The number of rotatable bonds is 4. The number of ether oxygens (including phenoxy) is 1. The molecule has 1 rings (SSSR count). The summed E-state index contributed by atoms with van der Waals surface area (Å²) in [7, 11) is 0. The smallest absolute Gasteiger partial charge is 0.169 e. The van der Waals surface area contributed by atoms with Gasteiger partial charge in [0, 0.05) is 10.9 Å². The third-order valence-electron chi connectivity index (χ3n) is 2.24. The van der Waals surface area contributed by atoms with Crippen molar-refractivity contribution < 1.29 is 9.53 Å². The van der Waals surface area contributed by atoms with Gasteiger partial charge in [-0.2, -0.15) is 0 Å². The van der Waals surface area contributed by atoms with Crippen LogP contribution in [0.5, 0.6) is 5.75 Å². The number of halogens is 1. The highest BCUT2D eigenvalue weighted by atomic mass is 79.9. The molecule has 0 aromatic heterocycles. The van der Waals surface area contributed by atoms with Crippen molar-refractivity contribution in [3.63, 3.8) is 0 Å². The molecule has 0 aliphatic carbocycles. The van der Waals surface area contributed by atoms with Crippen molar-refractivity contribution in [2.75, 3.05) is 6.61 Å². The summed E-state index contributed by atoms with van der Waals surface area (Å²) in [5, 5.41) is 0.